The van der Waals surface area contributed by atoms with Crippen molar-refractivity contribution in [2.75, 3.05) is 11.4 Å². The van der Waals surface area contributed by atoms with Crippen LogP contribution in [-0.4, -0.2) is 18.5 Å². The van der Waals surface area contributed by atoms with E-state index in [0.717, 1.165) is 6.42 Å². The molecule has 1 N–H and O–H groups in total. The lowest BCUT2D eigenvalue weighted by Gasteiger charge is -2.30. The molecule has 1 unspecified atom stereocenters. The molecule has 16 heavy (non-hydrogen) atoms. The van der Waals surface area contributed by atoms with Gasteiger partial charge in [-0.3, -0.25) is 4.79 Å². The summed E-state index contributed by atoms with van der Waals surface area (Å²) in [6.07, 6.45) is 0.739. The molecule has 1 aliphatic rings. The van der Waals surface area contributed by atoms with Crippen molar-refractivity contribution in [2.24, 2.45) is 5.92 Å². The van der Waals surface area contributed by atoms with Gasteiger partial charge >= 0.3 is 6.03 Å². The number of hydrogen-bond donors (Lipinski definition) is 1. The zero-order valence-corrected chi connectivity index (χ0v) is 9.14. The molecule has 1 heterocycles. The molecule has 3 amide bonds. The Morgan fingerprint density at radius 3 is 2.62 bits per heavy atom. The largest absolute Gasteiger partial charge is 0.337 e. The van der Waals surface area contributed by atoms with Crippen molar-refractivity contribution in [2.45, 2.75) is 13.3 Å². The lowest BCUT2D eigenvalue weighted by atomic mass is 10.0. The highest BCUT2D eigenvalue weighted by molar-refractivity contribution is 6.16. The van der Waals surface area contributed by atoms with Crippen molar-refractivity contribution in [1.29, 1.82) is 0 Å². The van der Waals surface area contributed by atoms with Crippen LogP contribution in [0.3, 0.4) is 0 Å². The number of hydrogen-bond acceptors (Lipinski definition) is 2. The van der Waals surface area contributed by atoms with Crippen molar-refractivity contribution in [3.05, 3.63) is 30.3 Å². The molecule has 1 atom stereocenters. The van der Waals surface area contributed by atoms with Gasteiger partial charge in [0.1, 0.15) is 0 Å². The molecule has 0 spiro atoms. The van der Waals surface area contributed by atoms with Crippen LogP contribution in [0.4, 0.5) is 10.5 Å². The molecule has 0 saturated carbocycles. The maximum absolute atomic E-state index is 12.0. The van der Waals surface area contributed by atoms with Crippen LogP contribution in [0.1, 0.15) is 13.3 Å². The molecule has 0 bridgehead atoms. The number of benzene rings is 1. The second-order valence-electron chi connectivity index (χ2n) is 3.80. The number of nitrogens with one attached hydrogen (secondary N) is 1. The van der Waals surface area contributed by atoms with Crippen molar-refractivity contribution >= 4 is 17.6 Å². The maximum Gasteiger partial charge on any atom is 0.328 e. The van der Waals surface area contributed by atoms with Crippen molar-refractivity contribution in [1.82, 2.24) is 5.32 Å². The van der Waals surface area contributed by atoms with Crippen LogP contribution < -0.4 is 10.2 Å². The van der Waals surface area contributed by atoms with E-state index in [1.165, 1.54) is 4.90 Å². The second kappa shape index (κ2) is 4.35. The summed E-state index contributed by atoms with van der Waals surface area (Å²) in [6.45, 7) is 2.39. The zero-order chi connectivity index (χ0) is 11.5. The lowest BCUT2D eigenvalue weighted by Crippen LogP contribution is -2.55. The summed E-state index contributed by atoms with van der Waals surface area (Å²) in [6, 6.07) is 8.66. The van der Waals surface area contributed by atoms with E-state index in [9.17, 15) is 9.59 Å². The quantitative estimate of drug-likeness (QED) is 0.822. The Hall–Kier alpha value is -1.84. The minimum atomic E-state index is -0.332. The first kappa shape index (κ1) is 10.7. The van der Waals surface area contributed by atoms with Gasteiger partial charge in [0, 0.05) is 6.54 Å². The van der Waals surface area contributed by atoms with E-state index in [0.29, 0.717) is 12.2 Å². The summed E-state index contributed by atoms with van der Waals surface area (Å²) in [5.74, 6) is -0.227. The topological polar surface area (TPSA) is 49.4 Å². The van der Waals surface area contributed by atoms with E-state index in [2.05, 4.69) is 5.32 Å². The third-order valence-corrected chi connectivity index (χ3v) is 2.78. The number of nitrogens with zero attached hydrogens (tertiary/aromatic N) is 1. The molecule has 1 aromatic carbocycles. The fraction of sp³-hybridized carbons (Fsp3) is 0.333. The van der Waals surface area contributed by atoms with E-state index in [1.807, 2.05) is 25.1 Å². The number of amides is 3. The Labute approximate surface area is 94.2 Å². The van der Waals surface area contributed by atoms with Gasteiger partial charge in [0.05, 0.1) is 11.6 Å². The molecule has 1 saturated heterocycles. The molecule has 1 fully saturated rings. The summed E-state index contributed by atoms with van der Waals surface area (Å²) >= 11 is 0. The number of rotatable bonds is 2. The predicted octanol–water partition coefficient (Wildman–Crippen LogP) is 1.77. The van der Waals surface area contributed by atoms with Crippen LogP contribution in [0.2, 0.25) is 0 Å². The van der Waals surface area contributed by atoms with Crippen LogP contribution in [0.25, 0.3) is 0 Å². The van der Waals surface area contributed by atoms with Crippen LogP contribution in [-0.2, 0) is 4.79 Å². The average molecular weight is 218 g/mol. The molecular weight excluding hydrogens is 204 g/mol. The highest BCUT2D eigenvalue weighted by Crippen LogP contribution is 2.20. The van der Waals surface area contributed by atoms with E-state index in [1.54, 1.807) is 12.1 Å². The summed E-state index contributed by atoms with van der Waals surface area (Å²) in [5.41, 5.74) is 0.628. The fourth-order valence-electron chi connectivity index (χ4n) is 1.80. The van der Waals surface area contributed by atoms with Crippen LogP contribution in [0.5, 0.6) is 0 Å². The predicted molar refractivity (Wildman–Crippen MR) is 61.1 cm³/mol. The first-order chi connectivity index (χ1) is 7.74. The third-order valence-electron chi connectivity index (χ3n) is 2.78. The fourth-order valence-corrected chi connectivity index (χ4v) is 1.80. The van der Waals surface area contributed by atoms with Gasteiger partial charge in [-0.1, -0.05) is 25.1 Å². The first-order valence-electron chi connectivity index (χ1n) is 5.41. The summed E-state index contributed by atoms with van der Waals surface area (Å²) in [4.78, 5) is 24.9. The van der Waals surface area contributed by atoms with Crippen LogP contribution in [0, 0.1) is 5.92 Å². The summed E-state index contributed by atoms with van der Waals surface area (Å²) < 4.78 is 0. The standard InChI is InChI=1S/C12H14N2O2/c1-2-9-8-13-12(16)14(11(9)15)10-6-4-3-5-7-10/h3-7,9H,2,8H2,1H3,(H,13,16). The first-order valence-corrected chi connectivity index (χ1v) is 5.41. The highest BCUT2D eigenvalue weighted by atomic mass is 16.2. The second-order valence-corrected chi connectivity index (χ2v) is 3.80. The SMILES string of the molecule is CCC1CNC(=O)N(c2ccccc2)C1=O. The van der Waals surface area contributed by atoms with Crippen molar-refractivity contribution in [3.8, 4) is 0 Å². The van der Waals surface area contributed by atoms with Crippen molar-refractivity contribution in [3.63, 3.8) is 0 Å². The van der Waals surface area contributed by atoms with Gasteiger partial charge in [0.25, 0.3) is 0 Å². The molecule has 1 aromatic rings. The maximum atomic E-state index is 12.0. The molecule has 0 aromatic heterocycles. The van der Waals surface area contributed by atoms with Gasteiger partial charge in [-0.05, 0) is 18.6 Å². The number of carbonyl (C=O) groups is 2. The van der Waals surface area contributed by atoms with E-state index < -0.39 is 0 Å². The normalized spacial score (nSPS) is 20.8. The Balaban J connectivity index is 2.31. The van der Waals surface area contributed by atoms with Gasteiger partial charge in [-0.25, -0.2) is 9.69 Å². The molecule has 84 valence electrons. The third kappa shape index (κ3) is 1.78. The summed E-state index contributed by atoms with van der Waals surface area (Å²) in [7, 11) is 0. The average Bonchev–Trinajstić information content (AvgIpc) is 2.31. The van der Waals surface area contributed by atoms with Gasteiger partial charge in [0.15, 0.2) is 0 Å². The number of imide groups is 1. The van der Waals surface area contributed by atoms with Gasteiger partial charge < -0.3 is 5.32 Å². The molecule has 2 rings (SSSR count). The van der Waals surface area contributed by atoms with Gasteiger partial charge in [-0.15, -0.1) is 0 Å². The minimum absolute atomic E-state index is 0.113. The zero-order valence-electron chi connectivity index (χ0n) is 9.14. The Morgan fingerprint density at radius 1 is 1.31 bits per heavy atom. The molecule has 1 aliphatic heterocycles. The number of anilines is 1. The van der Waals surface area contributed by atoms with Gasteiger partial charge in [0.2, 0.25) is 5.91 Å². The molecule has 0 aliphatic carbocycles. The Kier molecular flexibility index (Phi) is 2.90. The monoisotopic (exact) mass is 218 g/mol. The number of urea groups is 1. The Morgan fingerprint density at radius 2 is 2.00 bits per heavy atom. The molecule has 4 heteroatoms. The molecule has 4 nitrogen and oxygen atoms in total. The van der Waals surface area contributed by atoms with E-state index in [4.69, 9.17) is 0 Å². The van der Waals surface area contributed by atoms with Crippen LogP contribution >= 0.6 is 0 Å². The van der Waals surface area contributed by atoms with E-state index >= 15 is 0 Å². The molecule has 0 radical (unpaired) electrons. The van der Waals surface area contributed by atoms with Crippen LogP contribution in [0.15, 0.2) is 30.3 Å². The van der Waals surface area contributed by atoms with E-state index in [-0.39, 0.29) is 17.9 Å². The smallest absolute Gasteiger partial charge is 0.328 e. The Bertz CT molecular complexity index is 403. The van der Waals surface area contributed by atoms with Gasteiger partial charge in [-0.2, -0.15) is 0 Å². The summed E-state index contributed by atoms with van der Waals surface area (Å²) in [5, 5.41) is 2.73. The highest BCUT2D eigenvalue weighted by Gasteiger charge is 2.33. The van der Waals surface area contributed by atoms with Crippen molar-refractivity contribution < 1.29 is 9.59 Å². The minimum Gasteiger partial charge on any atom is -0.337 e. The molecular formula is C12H14N2O2. The number of carbonyl (C=O) groups excluding carboxylic acids is 2. The lowest BCUT2D eigenvalue weighted by molar-refractivity contribution is -0.122. The number of para-hydroxylation sites is 1.